The third-order valence-corrected chi connectivity index (χ3v) is 6.32. The van der Waals surface area contributed by atoms with E-state index in [-0.39, 0.29) is 10.6 Å². The Morgan fingerprint density at radius 2 is 1.86 bits per heavy atom. The molecule has 0 amide bonds. The molecule has 0 spiro atoms. The van der Waals surface area contributed by atoms with Crippen LogP contribution in [-0.2, 0) is 10.0 Å². The zero-order valence-corrected chi connectivity index (χ0v) is 13.8. The van der Waals surface area contributed by atoms with Gasteiger partial charge in [0, 0.05) is 31.3 Å². The van der Waals surface area contributed by atoms with Crippen LogP contribution >= 0.6 is 0 Å². The lowest BCUT2D eigenvalue weighted by Crippen LogP contribution is -2.44. The maximum atomic E-state index is 12.8. The number of hydrogen-bond acceptors (Lipinski definition) is 5. The van der Waals surface area contributed by atoms with E-state index >= 15 is 0 Å². The fourth-order valence-electron chi connectivity index (χ4n) is 2.71. The van der Waals surface area contributed by atoms with Gasteiger partial charge in [0.05, 0.1) is 9.82 Å². The van der Waals surface area contributed by atoms with E-state index in [2.05, 4.69) is 5.32 Å². The van der Waals surface area contributed by atoms with Gasteiger partial charge in [-0.15, -0.1) is 0 Å². The highest BCUT2D eigenvalue weighted by Gasteiger charge is 2.31. The standard InChI is InChI=1S/C14H21N3O4S/c1-10-8-13(17(18)19)9-14(11(10)2)22(20,21)16-6-4-12(15-3)5-7-16/h8-9,12,15H,4-7H2,1-3H3. The van der Waals surface area contributed by atoms with Crippen LogP contribution in [0.5, 0.6) is 0 Å². The van der Waals surface area contributed by atoms with Gasteiger partial charge in [-0.3, -0.25) is 10.1 Å². The summed E-state index contributed by atoms with van der Waals surface area (Å²) < 4.78 is 27.0. The normalized spacial score (nSPS) is 17.6. The molecule has 7 nitrogen and oxygen atoms in total. The molecule has 122 valence electrons. The van der Waals surface area contributed by atoms with E-state index < -0.39 is 14.9 Å². The second-order valence-electron chi connectivity index (χ2n) is 5.61. The largest absolute Gasteiger partial charge is 0.317 e. The predicted octanol–water partition coefficient (Wildman–Crippen LogP) is 1.58. The van der Waals surface area contributed by atoms with Crippen molar-refractivity contribution in [3.8, 4) is 0 Å². The minimum atomic E-state index is -3.70. The average Bonchev–Trinajstić information content (AvgIpc) is 2.49. The van der Waals surface area contributed by atoms with E-state index in [0.29, 0.717) is 30.3 Å². The Labute approximate surface area is 130 Å². The summed E-state index contributed by atoms with van der Waals surface area (Å²) in [5.74, 6) is 0. The summed E-state index contributed by atoms with van der Waals surface area (Å²) in [7, 11) is -1.84. The molecular weight excluding hydrogens is 306 g/mol. The first-order chi connectivity index (χ1) is 10.3. The summed E-state index contributed by atoms with van der Waals surface area (Å²) in [5, 5.41) is 14.1. The quantitative estimate of drug-likeness (QED) is 0.669. The van der Waals surface area contributed by atoms with Crippen molar-refractivity contribution >= 4 is 15.7 Å². The van der Waals surface area contributed by atoms with E-state index in [0.717, 1.165) is 12.8 Å². The number of non-ortho nitro benzene ring substituents is 1. The van der Waals surface area contributed by atoms with Gasteiger partial charge in [-0.1, -0.05) is 0 Å². The van der Waals surface area contributed by atoms with Gasteiger partial charge in [0.15, 0.2) is 0 Å². The van der Waals surface area contributed by atoms with Gasteiger partial charge in [-0.25, -0.2) is 8.42 Å². The molecule has 1 N–H and O–H groups in total. The van der Waals surface area contributed by atoms with Crippen LogP contribution in [0.2, 0.25) is 0 Å². The minimum Gasteiger partial charge on any atom is -0.317 e. The lowest BCUT2D eigenvalue weighted by atomic mass is 10.1. The molecule has 1 fully saturated rings. The van der Waals surface area contributed by atoms with Crippen LogP contribution in [0.4, 0.5) is 5.69 Å². The molecule has 0 radical (unpaired) electrons. The van der Waals surface area contributed by atoms with Gasteiger partial charge in [0.25, 0.3) is 5.69 Å². The molecule has 0 aromatic heterocycles. The molecule has 1 aliphatic rings. The zero-order valence-electron chi connectivity index (χ0n) is 13.0. The Kier molecular flexibility index (Phi) is 4.84. The number of nitrogens with one attached hydrogen (secondary N) is 1. The third-order valence-electron chi connectivity index (χ3n) is 4.30. The molecule has 0 aliphatic carbocycles. The first-order valence-electron chi connectivity index (χ1n) is 7.20. The zero-order chi connectivity index (χ0) is 16.5. The van der Waals surface area contributed by atoms with Crippen LogP contribution in [0.1, 0.15) is 24.0 Å². The number of sulfonamides is 1. The van der Waals surface area contributed by atoms with Gasteiger partial charge >= 0.3 is 0 Å². The second kappa shape index (κ2) is 6.31. The van der Waals surface area contributed by atoms with Crippen molar-refractivity contribution in [1.82, 2.24) is 9.62 Å². The average molecular weight is 327 g/mol. The van der Waals surface area contributed by atoms with Crippen molar-refractivity contribution < 1.29 is 13.3 Å². The maximum Gasteiger partial charge on any atom is 0.271 e. The summed E-state index contributed by atoms with van der Waals surface area (Å²) in [4.78, 5) is 10.5. The molecule has 0 saturated carbocycles. The monoisotopic (exact) mass is 327 g/mol. The molecule has 22 heavy (non-hydrogen) atoms. The van der Waals surface area contributed by atoms with Crippen molar-refractivity contribution in [2.75, 3.05) is 20.1 Å². The molecule has 8 heteroatoms. The molecule has 0 unspecified atom stereocenters. The SMILES string of the molecule is CNC1CCN(S(=O)(=O)c2cc([N+](=O)[O-])cc(C)c2C)CC1. The molecule has 0 bridgehead atoms. The number of piperidine rings is 1. The summed E-state index contributed by atoms with van der Waals surface area (Å²) in [5.41, 5.74) is 0.992. The van der Waals surface area contributed by atoms with Gasteiger partial charge in [-0.05, 0) is 44.9 Å². The number of nitrogens with zero attached hydrogens (tertiary/aromatic N) is 2. The van der Waals surface area contributed by atoms with E-state index in [4.69, 9.17) is 0 Å². The maximum absolute atomic E-state index is 12.8. The van der Waals surface area contributed by atoms with Crippen LogP contribution in [0.25, 0.3) is 0 Å². The van der Waals surface area contributed by atoms with Crippen LogP contribution in [0, 0.1) is 24.0 Å². The fourth-order valence-corrected chi connectivity index (χ4v) is 4.49. The number of hydrogen-bond donors (Lipinski definition) is 1. The molecule has 2 rings (SSSR count). The highest BCUT2D eigenvalue weighted by molar-refractivity contribution is 7.89. The molecule has 1 aliphatic heterocycles. The topological polar surface area (TPSA) is 92.6 Å². The van der Waals surface area contributed by atoms with Crippen molar-refractivity contribution in [3.63, 3.8) is 0 Å². The van der Waals surface area contributed by atoms with Crippen LogP contribution in [-0.4, -0.2) is 43.8 Å². The number of nitro benzene ring substituents is 1. The fraction of sp³-hybridized carbons (Fsp3) is 0.571. The predicted molar refractivity (Wildman–Crippen MR) is 83.4 cm³/mol. The van der Waals surface area contributed by atoms with Crippen LogP contribution in [0.15, 0.2) is 17.0 Å². The van der Waals surface area contributed by atoms with E-state index in [1.165, 1.54) is 16.4 Å². The molecule has 1 saturated heterocycles. The van der Waals surface area contributed by atoms with E-state index in [9.17, 15) is 18.5 Å². The minimum absolute atomic E-state index is 0.0436. The number of rotatable bonds is 4. The first-order valence-corrected chi connectivity index (χ1v) is 8.64. The second-order valence-corrected chi connectivity index (χ2v) is 7.52. The van der Waals surface area contributed by atoms with E-state index in [1.54, 1.807) is 13.8 Å². The summed E-state index contributed by atoms with van der Waals surface area (Å²) in [6.07, 6.45) is 1.48. The summed E-state index contributed by atoms with van der Waals surface area (Å²) in [6.45, 7) is 4.23. The van der Waals surface area contributed by atoms with Crippen molar-refractivity contribution in [1.29, 1.82) is 0 Å². The first kappa shape index (κ1) is 16.9. The summed E-state index contributed by atoms with van der Waals surface area (Å²) in [6, 6.07) is 2.89. The number of aryl methyl sites for hydroxylation is 1. The Balaban J connectivity index is 2.39. The molecule has 1 heterocycles. The summed E-state index contributed by atoms with van der Waals surface area (Å²) >= 11 is 0. The number of benzene rings is 1. The Bertz CT molecular complexity index is 680. The van der Waals surface area contributed by atoms with Gasteiger partial charge in [0.1, 0.15) is 0 Å². The van der Waals surface area contributed by atoms with E-state index in [1.807, 2.05) is 7.05 Å². The third kappa shape index (κ3) is 3.13. The Morgan fingerprint density at radius 3 is 2.36 bits per heavy atom. The smallest absolute Gasteiger partial charge is 0.271 e. The van der Waals surface area contributed by atoms with Gasteiger partial charge in [0.2, 0.25) is 10.0 Å². The van der Waals surface area contributed by atoms with Gasteiger partial charge < -0.3 is 5.32 Å². The van der Waals surface area contributed by atoms with Crippen LogP contribution in [0.3, 0.4) is 0 Å². The Hall–Kier alpha value is -1.51. The Morgan fingerprint density at radius 1 is 1.27 bits per heavy atom. The number of nitro groups is 1. The van der Waals surface area contributed by atoms with Crippen molar-refractivity contribution in [3.05, 3.63) is 33.4 Å². The highest BCUT2D eigenvalue weighted by atomic mass is 32.2. The van der Waals surface area contributed by atoms with Gasteiger partial charge in [-0.2, -0.15) is 4.31 Å². The lowest BCUT2D eigenvalue weighted by molar-refractivity contribution is -0.385. The molecule has 0 atom stereocenters. The van der Waals surface area contributed by atoms with Crippen molar-refractivity contribution in [2.24, 2.45) is 0 Å². The highest BCUT2D eigenvalue weighted by Crippen LogP contribution is 2.29. The molecule has 1 aromatic carbocycles. The lowest BCUT2D eigenvalue weighted by Gasteiger charge is -2.31. The molecule has 1 aromatic rings. The molecular formula is C14H21N3O4S. The van der Waals surface area contributed by atoms with Crippen LogP contribution < -0.4 is 5.32 Å². The van der Waals surface area contributed by atoms with Crippen molar-refractivity contribution in [2.45, 2.75) is 37.6 Å².